The molecule has 0 fully saturated rings. The summed E-state index contributed by atoms with van der Waals surface area (Å²) < 4.78 is 3.50. The van der Waals surface area contributed by atoms with Crippen LogP contribution in [-0.4, -0.2) is 4.57 Å². The predicted octanol–water partition coefficient (Wildman–Crippen LogP) is 12.9. The Labute approximate surface area is 283 Å². The van der Waals surface area contributed by atoms with Gasteiger partial charge in [0.25, 0.3) is 0 Å². The molecular weight excluding hydrogens is 634 g/mol. The van der Waals surface area contributed by atoms with Crippen LogP contribution in [0.15, 0.2) is 162 Å². The standard InChI is InChI=1S/C45H32BrN/c1-45(2)40-13-7-6-11-37(40)44-36(12-8-14-41(44)45)33-22-26-43-39(28-33)38-27-32(21-25-42(38)47(43)35-9-4-3-5-10-35)31-17-15-29(16-18-31)30-19-23-34(46)24-20-30/h3-28H,1-2H3. The van der Waals surface area contributed by atoms with Gasteiger partial charge in [0.2, 0.25) is 0 Å². The highest BCUT2D eigenvalue weighted by Crippen LogP contribution is 2.52. The number of para-hydroxylation sites is 1. The molecule has 0 N–H and O–H groups in total. The molecule has 47 heavy (non-hydrogen) atoms. The van der Waals surface area contributed by atoms with E-state index in [1.165, 1.54) is 83.1 Å². The maximum Gasteiger partial charge on any atom is 0.0541 e. The molecule has 1 heterocycles. The monoisotopic (exact) mass is 665 g/mol. The number of hydrogen-bond donors (Lipinski definition) is 0. The number of halogens is 1. The fourth-order valence-electron chi connectivity index (χ4n) is 7.72. The van der Waals surface area contributed by atoms with Crippen LogP contribution in [0.1, 0.15) is 25.0 Å². The van der Waals surface area contributed by atoms with Crippen LogP contribution in [0, 0.1) is 0 Å². The largest absolute Gasteiger partial charge is 0.309 e. The van der Waals surface area contributed by atoms with Gasteiger partial charge in [-0.3, -0.25) is 0 Å². The van der Waals surface area contributed by atoms with Gasteiger partial charge in [0, 0.05) is 26.3 Å². The molecule has 1 aliphatic rings. The first kappa shape index (κ1) is 28.1. The Morgan fingerprint density at radius 1 is 0.447 bits per heavy atom. The summed E-state index contributed by atoms with van der Waals surface area (Å²) in [6.45, 7) is 4.70. The number of fused-ring (bicyclic) bond motifs is 6. The maximum atomic E-state index is 3.55. The van der Waals surface area contributed by atoms with E-state index in [1.54, 1.807) is 0 Å². The zero-order chi connectivity index (χ0) is 31.7. The molecule has 1 aromatic heterocycles. The second kappa shape index (κ2) is 10.7. The van der Waals surface area contributed by atoms with E-state index in [9.17, 15) is 0 Å². The molecule has 9 rings (SSSR count). The van der Waals surface area contributed by atoms with Crippen LogP contribution in [0.2, 0.25) is 0 Å². The molecule has 0 radical (unpaired) electrons. The summed E-state index contributed by atoms with van der Waals surface area (Å²) >= 11 is 3.55. The zero-order valence-electron chi connectivity index (χ0n) is 26.3. The van der Waals surface area contributed by atoms with E-state index in [-0.39, 0.29) is 5.41 Å². The third kappa shape index (κ3) is 4.43. The summed E-state index contributed by atoms with van der Waals surface area (Å²) in [5.41, 5.74) is 16.5. The minimum absolute atomic E-state index is 0.0306. The van der Waals surface area contributed by atoms with Crippen molar-refractivity contribution < 1.29 is 0 Å². The quantitative estimate of drug-likeness (QED) is 0.176. The fourth-order valence-corrected chi connectivity index (χ4v) is 7.98. The van der Waals surface area contributed by atoms with Gasteiger partial charge in [0.05, 0.1) is 11.0 Å². The number of benzene rings is 7. The average Bonchev–Trinajstić information content (AvgIpc) is 3.57. The molecule has 0 aliphatic heterocycles. The van der Waals surface area contributed by atoms with Crippen LogP contribution >= 0.6 is 15.9 Å². The maximum absolute atomic E-state index is 3.55. The molecule has 0 bridgehead atoms. The van der Waals surface area contributed by atoms with Gasteiger partial charge in [-0.25, -0.2) is 0 Å². The zero-order valence-corrected chi connectivity index (χ0v) is 27.9. The molecule has 0 amide bonds. The summed E-state index contributed by atoms with van der Waals surface area (Å²) in [7, 11) is 0. The summed E-state index contributed by atoms with van der Waals surface area (Å²) in [4.78, 5) is 0. The van der Waals surface area contributed by atoms with Crippen molar-refractivity contribution in [2.24, 2.45) is 0 Å². The van der Waals surface area contributed by atoms with Crippen LogP contribution in [0.25, 0.3) is 72.0 Å². The second-order valence-corrected chi connectivity index (χ2v) is 14.0. The Hall–Kier alpha value is -5.18. The Kier molecular flexibility index (Phi) is 6.38. The van der Waals surface area contributed by atoms with Gasteiger partial charge in [-0.15, -0.1) is 0 Å². The van der Waals surface area contributed by atoms with Gasteiger partial charge in [-0.05, 0) is 104 Å². The molecule has 8 aromatic rings. The molecule has 0 unspecified atom stereocenters. The molecule has 2 heteroatoms. The van der Waals surface area contributed by atoms with Gasteiger partial charge in [0.1, 0.15) is 0 Å². The van der Waals surface area contributed by atoms with E-state index in [0.717, 1.165) is 4.47 Å². The number of hydrogen-bond acceptors (Lipinski definition) is 0. The third-order valence-corrected chi connectivity index (χ3v) is 10.6. The normalized spacial score (nSPS) is 13.2. The first-order valence-electron chi connectivity index (χ1n) is 16.2. The van der Waals surface area contributed by atoms with Crippen LogP contribution in [0.3, 0.4) is 0 Å². The molecule has 0 saturated carbocycles. The lowest BCUT2D eigenvalue weighted by atomic mass is 9.82. The van der Waals surface area contributed by atoms with Crippen LogP contribution in [0.4, 0.5) is 0 Å². The molecule has 0 atom stereocenters. The Bertz CT molecular complexity index is 2460. The Balaban J connectivity index is 1.23. The first-order valence-corrected chi connectivity index (χ1v) is 17.0. The summed E-state index contributed by atoms with van der Waals surface area (Å²) in [5, 5.41) is 2.52. The van der Waals surface area contributed by atoms with Gasteiger partial charge in [-0.1, -0.05) is 139 Å². The number of aromatic nitrogens is 1. The molecule has 0 saturated heterocycles. The predicted molar refractivity (Wildman–Crippen MR) is 202 cm³/mol. The Morgan fingerprint density at radius 3 is 1.66 bits per heavy atom. The van der Waals surface area contributed by atoms with Crippen molar-refractivity contribution in [2.45, 2.75) is 19.3 Å². The third-order valence-electron chi connectivity index (χ3n) is 10.1. The van der Waals surface area contributed by atoms with E-state index >= 15 is 0 Å². The van der Waals surface area contributed by atoms with Crippen molar-refractivity contribution in [3.05, 3.63) is 173 Å². The molecule has 1 nitrogen and oxygen atoms in total. The fraction of sp³-hybridized carbons (Fsp3) is 0.0667. The summed E-state index contributed by atoms with van der Waals surface area (Å²) in [6.07, 6.45) is 0. The highest BCUT2D eigenvalue weighted by molar-refractivity contribution is 9.10. The highest BCUT2D eigenvalue weighted by Gasteiger charge is 2.36. The SMILES string of the molecule is CC1(C)c2ccccc2-c2c(-c3ccc4c(c3)c3cc(-c5ccc(-c6ccc(Br)cc6)cc5)ccc3n4-c3ccccc3)cccc21. The van der Waals surface area contributed by atoms with Crippen molar-refractivity contribution in [3.63, 3.8) is 0 Å². The van der Waals surface area contributed by atoms with Gasteiger partial charge in [-0.2, -0.15) is 0 Å². The van der Waals surface area contributed by atoms with Crippen molar-refractivity contribution in [1.29, 1.82) is 0 Å². The second-order valence-electron chi connectivity index (χ2n) is 13.1. The summed E-state index contributed by atoms with van der Waals surface area (Å²) in [6, 6.07) is 57.9. The van der Waals surface area contributed by atoms with E-state index in [2.05, 4.69) is 192 Å². The van der Waals surface area contributed by atoms with Crippen molar-refractivity contribution in [1.82, 2.24) is 4.57 Å². The van der Waals surface area contributed by atoms with E-state index in [1.807, 2.05) is 0 Å². The van der Waals surface area contributed by atoms with Crippen molar-refractivity contribution >= 4 is 37.7 Å². The molecular formula is C45H32BrN. The van der Waals surface area contributed by atoms with Crippen molar-refractivity contribution in [3.8, 4) is 50.2 Å². The van der Waals surface area contributed by atoms with Crippen LogP contribution < -0.4 is 0 Å². The van der Waals surface area contributed by atoms with Gasteiger partial charge >= 0.3 is 0 Å². The minimum Gasteiger partial charge on any atom is -0.309 e. The van der Waals surface area contributed by atoms with Crippen molar-refractivity contribution in [2.75, 3.05) is 0 Å². The molecule has 7 aromatic carbocycles. The lowest BCUT2D eigenvalue weighted by Crippen LogP contribution is -2.14. The first-order chi connectivity index (χ1) is 23.0. The lowest BCUT2D eigenvalue weighted by Gasteiger charge is -2.21. The average molecular weight is 667 g/mol. The minimum atomic E-state index is -0.0306. The van der Waals surface area contributed by atoms with E-state index in [0.29, 0.717) is 0 Å². The lowest BCUT2D eigenvalue weighted by molar-refractivity contribution is 0.660. The smallest absolute Gasteiger partial charge is 0.0541 e. The highest BCUT2D eigenvalue weighted by atomic mass is 79.9. The molecule has 224 valence electrons. The van der Waals surface area contributed by atoms with Gasteiger partial charge in [0.15, 0.2) is 0 Å². The van der Waals surface area contributed by atoms with Gasteiger partial charge < -0.3 is 4.57 Å². The van der Waals surface area contributed by atoms with Crippen LogP contribution in [-0.2, 0) is 5.41 Å². The summed E-state index contributed by atoms with van der Waals surface area (Å²) in [5.74, 6) is 0. The van der Waals surface area contributed by atoms with Crippen LogP contribution in [0.5, 0.6) is 0 Å². The Morgan fingerprint density at radius 2 is 0.957 bits per heavy atom. The molecule has 1 aliphatic carbocycles. The number of rotatable bonds is 4. The van der Waals surface area contributed by atoms with E-state index in [4.69, 9.17) is 0 Å². The topological polar surface area (TPSA) is 4.93 Å². The molecule has 0 spiro atoms. The van der Waals surface area contributed by atoms with E-state index < -0.39 is 0 Å². The number of nitrogens with zero attached hydrogens (tertiary/aromatic N) is 1.